The van der Waals surface area contributed by atoms with Gasteiger partial charge < -0.3 is 4.98 Å². The molecular weight excluding hydrogens is 340 g/mol. The molecule has 82 valence electrons. The van der Waals surface area contributed by atoms with Crippen LogP contribution in [0.1, 0.15) is 10.4 Å². The van der Waals surface area contributed by atoms with Gasteiger partial charge in [-0.15, -0.1) is 0 Å². The monoisotopic (exact) mass is 347 g/mol. The molecule has 4 nitrogen and oxygen atoms in total. The molecule has 0 aliphatic carbocycles. The van der Waals surface area contributed by atoms with E-state index in [1.54, 1.807) is 30.6 Å². The molecule has 0 atom stereocenters. The van der Waals surface area contributed by atoms with E-state index in [-0.39, 0.29) is 5.91 Å². The summed E-state index contributed by atoms with van der Waals surface area (Å²) in [6, 6.07) is 5.13. The predicted octanol–water partition coefficient (Wildman–Crippen LogP) is 2.92. The Morgan fingerprint density at radius 2 is 2.31 bits per heavy atom. The van der Waals surface area contributed by atoms with Crippen LogP contribution in [0.15, 0.2) is 30.6 Å². The van der Waals surface area contributed by atoms with Gasteiger partial charge in [-0.25, -0.2) is 4.98 Å². The highest BCUT2D eigenvalue weighted by Crippen LogP contribution is 2.19. The van der Waals surface area contributed by atoms with Crippen LogP contribution < -0.4 is 5.32 Å². The van der Waals surface area contributed by atoms with Gasteiger partial charge in [0, 0.05) is 21.5 Å². The van der Waals surface area contributed by atoms with E-state index in [1.165, 1.54) is 0 Å². The lowest BCUT2D eigenvalue weighted by Crippen LogP contribution is -2.12. The second-order valence-corrected chi connectivity index (χ2v) is 4.59. The van der Waals surface area contributed by atoms with Crippen molar-refractivity contribution in [1.82, 2.24) is 9.97 Å². The molecule has 16 heavy (non-hydrogen) atoms. The zero-order valence-electron chi connectivity index (χ0n) is 8.00. The topological polar surface area (TPSA) is 57.8 Å². The molecule has 0 fully saturated rings. The summed E-state index contributed by atoms with van der Waals surface area (Å²) in [7, 11) is 0. The summed E-state index contributed by atoms with van der Waals surface area (Å²) in [5.74, 6) is 0.174. The summed E-state index contributed by atoms with van der Waals surface area (Å²) in [6.07, 6.45) is 3.20. The second kappa shape index (κ2) is 4.84. The normalized spacial score (nSPS) is 10.1. The highest BCUT2D eigenvalue weighted by molar-refractivity contribution is 14.1. The molecule has 0 aliphatic rings. The van der Waals surface area contributed by atoms with Gasteiger partial charge in [-0.2, -0.15) is 0 Å². The fourth-order valence-corrected chi connectivity index (χ4v) is 1.67. The fourth-order valence-electron chi connectivity index (χ4n) is 1.15. The largest absolute Gasteiger partial charge is 0.331 e. The summed E-state index contributed by atoms with van der Waals surface area (Å²) < 4.78 is 0.911. The number of anilines is 1. The number of carbonyl (C=O) groups is 1. The predicted molar refractivity (Wildman–Crippen MR) is 70.7 cm³/mol. The van der Waals surface area contributed by atoms with Gasteiger partial charge in [0.05, 0.1) is 5.02 Å². The van der Waals surface area contributed by atoms with E-state index >= 15 is 0 Å². The van der Waals surface area contributed by atoms with Crippen LogP contribution in [0, 0.1) is 3.57 Å². The first kappa shape index (κ1) is 11.4. The number of hydrogen-bond acceptors (Lipinski definition) is 2. The van der Waals surface area contributed by atoms with Gasteiger partial charge >= 0.3 is 0 Å². The number of aromatic nitrogens is 2. The van der Waals surface area contributed by atoms with E-state index < -0.39 is 0 Å². The summed E-state index contributed by atoms with van der Waals surface area (Å²) in [4.78, 5) is 18.4. The third-order valence-electron chi connectivity index (χ3n) is 1.91. The van der Waals surface area contributed by atoms with Gasteiger partial charge in [-0.05, 0) is 40.8 Å². The third kappa shape index (κ3) is 2.53. The summed E-state index contributed by atoms with van der Waals surface area (Å²) >= 11 is 8.03. The van der Waals surface area contributed by atoms with Crippen LogP contribution in [0.3, 0.4) is 0 Å². The van der Waals surface area contributed by atoms with Crippen LogP contribution in [0.4, 0.5) is 5.95 Å². The summed E-state index contributed by atoms with van der Waals surface area (Å²) in [6.45, 7) is 0. The Labute approximate surface area is 111 Å². The second-order valence-electron chi connectivity index (χ2n) is 3.02. The van der Waals surface area contributed by atoms with Crippen molar-refractivity contribution in [2.75, 3.05) is 5.32 Å². The lowest BCUT2D eigenvalue weighted by atomic mass is 10.2. The van der Waals surface area contributed by atoms with Gasteiger partial charge in [0.25, 0.3) is 5.91 Å². The molecule has 0 bridgehead atoms. The van der Waals surface area contributed by atoms with Crippen LogP contribution in [-0.2, 0) is 0 Å². The van der Waals surface area contributed by atoms with Crippen molar-refractivity contribution in [3.8, 4) is 0 Å². The number of halogens is 2. The Kier molecular flexibility index (Phi) is 3.45. The Bertz CT molecular complexity index is 513. The molecular formula is C10H7ClIN3O. The lowest BCUT2D eigenvalue weighted by Gasteiger charge is -2.03. The summed E-state index contributed by atoms with van der Waals surface area (Å²) in [5.41, 5.74) is 0.502. The molecule has 2 rings (SSSR count). The molecule has 0 spiro atoms. The molecule has 1 amide bonds. The Morgan fingerprint density at radius 1 is 1.50 bits per heavy atom. The Morgan fingerprint density at radius 3 is 2.94 bits per heavy atom. The van der Waals surface area contributed by atoms with Gasteiger partial charge in [-0.1, -0.05) is 11.6 Å². The highest BCUT2D eigenvalue weighted by atomic mass is 127. The quantitative estimate of drug-likeness (QED) is 0.821. The van der Waals surface area contributed by atoms with E-state index in [2.05, 4.69) is 37.9 Å². The first-order chi connectivity index (χ1) is 7.66. The van der Waals surface area contributed by atoms with Crippen molar-refractivity contribution in [2.24, 2.45) is 0 Å². The van der Waals surface area contributed by atoms with Crippen LogP contribution in [0.25, 0.3) is 0 Å². The number of rotatable bonds is 2. The maximum atomic E-state index is 11.7. The number of hydrogen-bond donors (Lipinski definition) is 2. The SMILES string of the molecule is O=C(Nc1ncc[nH]1)c1ccc(I)c(Cl)c1. The molecule has 0 aliphatic heterocycles. The zero-order valence-corrected chi connectivity index (χ0v) is 10.9. The first-order valence-electron chi connectivity index (χ1n) is 4.42. The first-order valence-corrected chi connectivity index (χ1v) is 5.88. The van der Waals surface area contributed by atoms with Crippen LogP contribution in [0.2, 0.25) is 5.02 Å². The number of carbonyl (C=O) groups excluding carboxylic acids is 1. The molecule has 0 unspecified atom stereocenters. The standard InChI is InChI=1S/C10H7ClIN3O/c11-7-5-6(1-2-8(7)12)9(16)15-10-13-3-4-14-10/h1-5H,(H2,13,14,15,16). The number of imidazole rings is 1. The molecule has 1 aromatic heterocycles. The lowest BCUT2D eigenvalue weighted by molar-refractivity contribution is 0.102. The highest BCUT2D eigenvalue weighted by Gasteiger charge is 2.08. The minimum absolute atomic E-state index is 0.242. The average molecular weight is 348 g/mol. The maximum Gasteiger partial charge on any atom is 0.258 e. The number of nitrogens with one attached hydrogen (secondary N) is 2. The van der Waals surface area contributed by atoms with Crippen molar-refractivity contribution in [3.05, 3.63) is 44.7 Å². The number of benzene rings is 1. The Balaban J connectivity index is 2.18. The molecule has 1 aromatic carbocycles. The fraction of sp³-hybridized carbons (Fsp3) is 0. The van der Waals surface area contributed by atoms with E-state index in [0.29, 0.717) is 16.5 Å². The Hall–Kier alpha value is -1.08. The molecule has 0 saturated carbocycles. The number of H-pyrrole nitrogens is 1. The van der Waals surface area contributed by atoms with Crippen molar-refractivity contribution in [1.29, 1.82) is 0 Å². The number of amides is 1. The molecule has 0 radical (unpaired) electrons. The van der Waals surface area contributed by atoms with Crippen molar-refractivity contribution in [2.45, 2.75) is 0 Å². The average Bonchev–Trinajstić information content (AvgIpc) is 2.74. The summed E-state index contributed by atoms with van der Waals surface area (Å²) in [5, 5.41) is 3.18. The van der Waals surface area contributed by atoms with Gasteiger partial charge in [0.1, 0.15) is 0 Å². The molecule has 6 heteroatoms. The molecule has 0 saturated heterocycles. The molecule has 2 aromatic rings. The third-order valence-corrected chi connectivity index (χ3v) is 3.48. The van der Waals surface area contributed by atoms with E-state index in [0.717, 1.165) is 3.57 Å². The van der Waals surface area contributed by atoms with E-state index in [4.69, 9.17) is 11.6 Å². The van der Waals surface area contributed by atoms with E-state index in [1.807, 2.05) is 0 Å². The zero-order chi connectivity index (χ0) is 11.5. The smallest absolute Gasteiger partial charge is 0.258 e. The van der Waals surface area contributed by atoms with Gasteiger partial charge in [0.2, 0.25) is 5.95 Å². The van der Waals surface area contributed by atoms with Crippen LogP contribution in [0.5, 0.6) is 0 Å². The minimum Gasteiger partial charge on any atom is -0.331 e. The molecule has 2 N–H and O–H groups in total. The van der Waals surface area contributed by atoms with Crippen LogP contribution >= 0.6 is 34.2 Å². The van der Waals surface area contributed by atoms with Crippen molar-refractivity contribution >= 4 is 46.0 Å². The van der Waals surface area contributed by atoms with Gasteiger partial charge in [0.15, 0.2) is 0 Å². The van der Waals surface area contributed by atoms with Crippen molar-refractivity contribution in [3.63, 3.8) is 0 Å². The molecule has 1 heterocycles. The minimum atomic E-state index is -0.242. The van der Waals surface area contributed by atoms with Crippen molar-refractivity contribution < 1.29 is 4.79 Å². The number of aromatic amines is 1. The van der Waals surface area contributed by atoms with E-state index in [9.17, 15) is 4.79 Å². The van der Waals surface area contributed by atoms with Crippen LogP contribution in [-0.4, -0.2) is 15.9 Å². The number of nitrogens with zero attached hydrogens (tertiary/aromatic N) is 1. The van der Waals surface area contributed by atoms with Gasteiger partial charge in [-0.3, -0.25) is 10.1 Å². The maximum absolute atomic E-state index is 11.7.